The predicted octanol–water partition coefficient (Wildman–Crippen LogP) is 2.31. The number of amides is 1. The molecule has 11 nitrogen and oxygen atoms in total. The third-order valence-electron chi connectivity index (χ3n) is 4.64. The highest BCUT2D eigenvalue weighted by Gasteiger charge is 2.25. The number of nitro benzene ring substituents is 1. The summed E-state index contributed by atoms with van der Waals surface area (Å²) in [4.78, 5) is 41.1. The highest BCUT2D eigenvalue weighted by atomic mass is 35.5. The number of carboxylic acid groups (broad SMARTS) is 2. The Morgan fingerprint density at radius 3 is 2.00 bits per heavy atom. The van der Waals surface area contributed by atoms with Gasteiger partial charge in [-0.3, -0.25) is 24.5 Å². The molecule has 2 aromatic carbocycles. The minimum atomic E-state index is -1.33. The molecule has 0 aliphatic carbocycles. The van der Waals surface area contributed by atoms with Crippen molar-refractivity contribution >= 4 is 46.7 Å². The molecule has 0 aliphatic heterocycles. The molecule has 0 spiro atoms. The largest absolute Gasteiger partial charge is 0.481 e. The second kappa shape index (κ2) is 14.9. The van der Waals surface area contributed by atoms with Crippen molar-refractivity contribution in [1.29, 1.82) is 0 Å². The summed E-state index contributed by atoms with van der Waals surface area (Å²) in [6.45, 7) is -0.551. The molecule has 1 unspecified atom stereocenters. The van der Waals surface area contributed by atoms with Crippen molar-refractivity contribution in [3.63, 3.8) is 0 Å². The molecule has 0 saturated carbocycles. The average Bonchev–Trinajstić information content (AvgIpc) is 2.82. The number of carbonyl (C=O) groups is 3. The molecule has 0 fully saturated rings. The number of benzene rings is 2. The van der Waals surface area contributed by atoms with E-state index in [9.17, 15) is 29.6 Å². The Kier molecular flexibility index (Phi) is 12.7. The highest BCUT2D eigenvalue weighted by molar-refractivity contribution is 6.53. The summed E-state index contributed by atoms with van der Waals surface area (Å²) >= 11 is 10.7. The molecular weight excluding hydrogens is 507 g/mol. The first kappa shape index (κ1) is 29.8. The van der Waals surface area contributed by atoms with Gasteiger partial charge >= 0.3 is 11.9 Å². The molecule has 0 bridgehead atoms. The summed E-state index contributed by atoms with van der Waals surface area (Å²) in [5.41, 5.74) is 1.01. The van der Waals surface area contributed by atoms with Crippen LogP contribution in [0.5, 0.6) is 0 Å². The SMILES string of the molecule is O=C(N[C@H](CO)[C@H](O)c1ccc([N+](=O)[O-])cc1)C(Cl)Cl.O=C(O)CC(Cc1ccccc1)C(=O)O. The molecule has 1 amide bonds. The van der Waals surface area contributed by atoms with Gasteiger partial charge in [-0.1, -0.05) is 53.5 Å². The Morgan fingerprint density at radius 1 is 1.00 bits per heavy atom. The molecule has 0 aromatic heterocycles. The maximum atomic E-state index is 11.3. The molecule has 13 heteroatoms. The lowest BCUT2D eigenvalue weighted by atomic mass is 9.96. The van der Waals surface area contributed by atoms with E-state index in [1.165, 1.54) is 24.3 Å². The van der Waals surface area contributed by atoms with Crippen molar-refractivity contribution in [2.75, 3.05) is 6.61 Å². The lowest BCUT2D eigenvalue weighted by molar-refractivity contribution is -0.384. The van der Waals surface area contributed by atoms with Crippen molar-refractivity contribution in [2.24, 2.45) is 5.92 Å². The Bertz CT molecular complexity index is 988. The number of non-ortho nitro benzene ring substituents is 1. The average molecular weight is 531 g/mol. The number of carboxylic acids is 2. The number of nitro groups is 1. The number of nitrogens with one attached hydrogen (secondary N) is 1. The summed E-state index contributed by atoms with van der Waals surface area (Å²) in [7, 11) is 0. The molecule has 0 aliphatic rings. The Labute approximate surface area is 210 Å². The van der Waals surface area contributed by atoms with Crippen LogP contribution in [0.2, 0.25) is 0 Å². The number of rotatable bonds is 11. The molecule has 190 valence electrons. The van der Waals surface area contributed by atoms with Gasteiger partial charge in [0.1, 0.15) is 6.10 Å². The minimum absolute atomic E-state index is 0.132. The van der Waals surface area contributed by atoms with Crippen molar-refractivity contribution in [2.45, 2.75) is 29.8 Å². The van der Waals surface area contributed by atoms with Crippen LogP contribution >= 0.6 is 23.2 Å². The molecule has 5 N–H and O–H groups in total. The lowest BCUT2D eigenvalue weighted by Gasteiger charge is -2.22. The number of nitrogens with zero attached hydrogens (tertiary/aromatic N) is 1. The van der Waals surface area contributed by atoms with Crippen LogP contribution in [0.25, 0.3) is 0 Å². The van der Waals surface area contributed by atoms with Gasteiger partial charge in [-0.25, -0.2) is 0 Å². The van der Waals surface area contributed by atoms with Gasteiger partial charge in [0.25, 0.3) is 11.6 Å². The third-order valence-corrected chi connectivity index (χ3v) is 5.04. The van der Waals surface area contributed by atoms with Gasteiger partial charge in [-0.05, 0) is 29.7 Å². The number of aliphatic hydroxyl groups is 2. The summed E-state index contributed by atoms with van der Waals surface area (Å²) in [6.07, 6.45) is -1.34. The maximum absolute atomic E-state index is 11.3. The van der Waals surface area contributed by atoms with Crippen LogP contribution < -0.4 is 5.32 Å². The van der Waals surface area contributed by atoms with Crippen molar-refractivity contribution in [3.05, 3.63) is 75.8 Å². The summed E-state index contributed by atoms with van der Waals surface area (Å²) < 4.78 is 0. The van der Waals surface area contributed by atoms with Crippen LogP contribution in [0.1, 0.15) is 23.7 Å². The normalized spacial score (nSPS) is 13.1. The van der Waals surface area contributed by atoms with Gasteiger partial charge in [0, 0.05) is 12.1 Å². The maximum Gasteiger partial charge on any atom is 0.307 e. The van der Waals surface area contributed by atoms with Crippen LogP contribution in [0, 0.1) is 16.0 Å². The molecule has 0 saturated heterocycles. The molecule has 2 aromatic rings. The molecule has 2 rings (SSSR count). The zero-order chi connectivity index (χ0) is 26.5. The van der Waals surface area contributed by atoms with Crippen LogP contribution in [-0.4, -0.2) is 60.7 Å². The second-order valence-electron chi connectivity index (χ2n) is 7.21. The topological polar surface area (TPSA) is 187 Å². The number of alkyl halides is 2. The van der Waals surface area contributed by atoms with E-state index < -0.39 is 52.3 Å². The zero-order valence-electron chi connectivity index (χ0n) is 18.2. The quantitative estimate of drug-likeness (QED) is 0.165. The van der Waals surface area contributed by atoms with E-state index in [0.717, 1.165) is 5.56 Å². The fraction of sp³-hybridized carbons (Fsp3) is 0.318. The van der Waals surface area contributed by atoms with Crippen molar-refractivity contribution in [3.8, 4) is 0 Å². The lowest BCUT2D eigenvalue weighted by Crippen LogP contribution is -2.44. The van der Waals surface area contributed by atoms with E-state index in [-0.39, 0.29) is 18.5 Å². The predicted molar refractivity (Wildman–Crippen MR) is 126 cm³/mol. The summed E-state index contributed by atoms with van der Waals surface area (Å²) in [5.74, 6) is -3.77. The Hall–Kier alpha value is -3.25. The van der Waals surface area contributed by atoms with E-state index in [1.54, 1.807) is 24.3 Å². The van der Waals surface area contributed by atoms with E-state index in [0.29, 0.717) is 5.56 Å². The van der Waals surface area contributed by atoms with Gasteiger partial charge in [-0.2, -0.15) is 0 Å². The number of hydrogen-bond donors (Lipinski definition) is 5. The molecular formula is C22H24Cl2N2O9. The Morgan fingerprint density at radius 2 is 1.57 bits per heavy atom. The Balaban J connectivity index is 0.000000365. The molecule has 35 heavy (non-hydrogen) atoms. The van der Waals surface area contributed by atoms with Crippen molar-refractivity contribution < 1.29 is 39.7 Å². The minimum Gasteiger partial charge on any atom is -0.481 e. The number of hydrogen-bond acceptors (Lipinski definition) is 7. The molecule has 0 heterocycles. The van der Waals surface area contributed by atoms with Crippen LogP contribution in [0.15, 0.2) is 54.6 Å². The van der Waals surface area contributed by atoms with E-state index >= 15 is 0 Å². The van der Waals surface area contributed by atoms with Gasteiger partial charge < -0.3 is 25.7 Å². The first-order chi connectivity index (χ1) is 16.5. The fourth-order valence-corrected chi connectivity index (χ4v) is 2.98. The zero-order valence-corrected chi connectivity index (χ0v) is 19.7. The monoisotopic (exact) mass is 530 g/mol. The third kappa shape index (κ3) is 10.7. The van der Waals surface area contributed by atoms with E-state index in [2.05, 4.69) is 5.32 Å². The smallest absolute Gasteiger partial charge is 0.307 e. The van der Waals surface area contributed by atoms with E-state index in [4.69, 9.17) is 38.5 Å². The summed E-state index contributed by atoms with van der Waals surface area (Å²) in [6, 6.07) is 13.1. The second-order valence-corrected chi connectivity index (χ2v) is 8.31. The van der Waals surface area contributed by atoms with Gasteiger partial charge in [0.05, 0.1) is 29.9 Å². The van der Waals surface area contributed by atoms with E-state index in [1.807, 2.05) is 6.07 Å². The molecule has 3 atom stereocenters. The van der Waals surface area contributed by atoms with Crippen LogP contribution in [0.3, 0.4) is 0 Å². The number of halogens is 2. The number of aliphatic hydroxyl groups excluding tert-OH is 2. The van der Waals surface area contributed by atoms with Gasteiger partial charge in [-0.15, -0.1) is 0 Å². The standard InChI is InChI=1S/C11H12Cl2N2O5.C11H12O4/c12-10(13)11(18)14-8(5-16)9(17)6-1-3-7(4-2-6)15(19)20;12-10(13)7-9(11(14)15)6-8-4-2-1-3-5-8/h1-4,8-10,16-17H,5H2,(H,14,18);1-5,9H,6-7H2,(H,12,13)(H,14,15)/t8-,9-;/m1./s1. The summed E-state index contributed by atoms with van der Waals surface area (Å²) in [5, 5.41) is 49.3. The number of aliphatic carboxylic acids is 2. The van der Waals surface area contributed by atoms with Gasteiger partial charge in [0.15, 0.2) is 4.84 Å². The number of carbonyl (C=O) groups excluding carboxylic acids is 1. The highest BCUT2D eigenvalue weighted by Crippen LogP contribution is 2.21. The first-order valence-corrected chi connectivity index (χ1v) is 10.9. The first-order valence-electron chi connectivity index (χ1n) is 10.1. The van der Waals surface area contributed by atoms with Crippen LogP contribution in [-0.2, 0) is 20.8 Å². The van der Waals surface area contributed by atoms with Crippen molar-refractivity contribution in [1.82, 2.24) is 5.32 Å². The molecule has 0 radical (unpaired) electrons. The fourth-order valence-electron chi connectivity index (χ4n) is 2.85. The van der Waals surface area contributed by atoms with Gasteiger partial charge in [0.2, 0.25) is 0 Å². The van der Waals surface area contributed by atoms with Crippen LogP contribution in [0.4, 0.5) is 5.69 Å².